The molecule has 0 radical (unpaired) electrons. The fourth-order valence-electron chi connectivity index (χ4n) is 2.60. The van der Waals surface area contributed by atoms with E-state index in [9.17, 15) is 19.0 Å². The Bertz CT molecular complexity index is 244. The van der Waals surface area contributed by atoms with E-state index in [4.69, 9.17) is 0 Å². The molecule has 2 aliphatic rings. The Morgan fingerprint density at radius 3 is 1.93 bits per heavy atom. The van der Waals surface area contributed by atoms with Crippen LogP contribution in [-0.4, -0.2) is 41.4 Å². The molecule has 0 unspecified atom stereocenters. The molecule has 3 nitrogen and oxygen atoms in total. The van der Waals surface area contributed by atoms with E-state index < -0.39 is 16.9 Å². The lowest BCUT2D eigenvalue weighted by Crippen LogP contribution is -2.70. The van der Waals surface area contributed by atoms with E-state index in [-0.39, 0.29) is 32.3 Å². The molecule has 3 N–H and O–H groups in total. The van der Waals surface area contributed by atoms with Crippen molar-refractivity contribution < 1.29 is 19.0 Å². The van der Waals surface area contributed by atoms with Crippen molar-refractivity contribution in [3.8, 4) is 0 Å². The van der Waals surface area contributed by atoms with E-state index in [1.54, 1.807) is 0 Å². The van der Waals surface area contributed by atoms with Gasteiger partial charge in [0.25, 0.3) is 0 Å². The lowest BCUT2D eigenvalue weighted by atomic mass is 9.60. The molecule has 0 aromatic carbocycles. The SMILES string of the molecule is OCC1(C2(O)CNC2)CCC(F)(F)CC1. The summed E-state index contributed by atoms with van der Waals surface area (Å²) in [7, 11) is 0. The molecule has 0 spiro atoms. The first kappa shape index (κ1) is 11.2. The lowest BCUT2D eigenvalue weighted by molar-refractivity contribution is -0.183. The highest BCUT2D eigenvalue weighted by Gasteiger charge is 2.57. The Balaban J connectivity index is 2.11. The quantitative estimate of drug-likeness (QED) is 0.637. The Labute approximate surface area is 87.5 Å². The molecule has 1 saturated heterocycles. The fourth-order valence-corrected chi connectivity index (χ4v) is 2.60. The third-order valence-electron chi connectivity index (χ3n) is 4.06. The zero-order valence-corrected chi connectivity index (χ0v) is 8.60. The van der Waals surface area contributed by atoms with Gasteiger partial charge in [-0.3, -0.25) is 0 Å². The summed E-state index contributed by atoms with van der Waals surface area (Å²) in [5, 5.41) is 22.5. The Kier molecular flexibility index (Phi) is 2.52. The van der Waals surface area contributed by atoms with Gasteiger partial charge in [0, 0.05) is 31.3 Å². The highest BCUT2D eigenvalue weighted by molar-refractivity contribution is 5.09. The van der Waals surface area contributed by atoms with Crippen molar-refractivity contribution in [1.82, 2.24) is 5.32 Å². The van der Waals surface area contributed by atoms with Crippen LogP contribution in [0, 0.1) is 5.41 Å². The van der Waals surface area contributed by atoms with Crippen LogP contribution in [0.1, 0.15) is 25.7 Å². The first-order chi connectivity index (χ1) is 6.93. The molecule has 88 valence electrons. The number of aliphatic hydroxyl groups is 2. The van der Waals surface area contributed by atoms with E-state index in [2.05, 4.69) is 5.32 Å². The second kappa shape index (κ2) is 3.37. The molecule has 1 saturated carbocycles. The van der Waals surface area contributed by atoms with Gasteiger partial charge in [0.1, 0.15) is 0 Å². The van der Waals surface area contributed by atoms with Gasteiger partial charge in [-0.15, -0.1) is 0 Å². The number of halogens is 2. The van der Waals surface area contributed by atoms with Gasteiger partial charge in [0.15, 0.2) is 0 Å². The lowest BCUT2D eigenvalue weighted by Gasteiger charge is -2.54. The molecule has 1 aliphatic carbocycles. The predicted molar refractivity (Wildman–Crippen MR) is 50.8 cm³/mol. The molecular weight excluding hydrogens is 204 g/mol. The fraction of sp³-hybridized carbons (Fsp3) is 1.00. The highest BCUT2D eigenvalue weighted by atomic mass is 19.3. The van der Waals surface area contributed by atoms with Crippen LogP contribution >= 0.6 is 0 Å². The van der Waals surface area contributed by atoms with Gasteiger partial charge in [-0.25, -0.2) is 8.78 Å². The molecule has 0 amide bonds. The van der Waals surface area contributed by atoms with Gasteiger partial charge in [0.05, 0.1) is 12.2 Å². The maximum Gasteiger partial charge on any atom is 0.248 e. The number of rotatable bonds is 2. The van der Waals surface area contributed by atoms with Crippen LogP contribution in [0.3, 0.4) is 0 Å². The number of β-amino-alcohol motifs (C(OH)–C–C–N with tert-alkyl or cyclic N) is 1. The molecule has 0 aromatic rings. The van der Waals surface area contributed by atoms with E-state index in [0.717, 1.165) is 0 Å². The maximum atomic E-state index is 13.0. The van der Waals surface area contributed by atoms with Gasteiger partial charge >= 0.3 is 0 Å². The van der Waals surface area contributed by atoms with Crippen LogP contribution in [0.25, 0.3) is 0 Å². The molecule has 5 heteroatoms. The second-order valence-electron chi connectivity index (χ2n) is 4.93. The standard InChI is InChI=1S/C10H17F2NO2/c11-10(12)3-1-8(7-14,2-4-10)9(15)5-13-6-9/h13-15H,1-7H2. The Hall–Kier alpha value is -0.260. The first-order valence-electron chi connectivity index (χ1n) is 5.35. The Morgan fingerprint density at radius 1 is 1.07 bits per heavy atom. The molecule has 0 bridgehead atoms. The molecule has 1 heterocycles. The summed E-state index contributed by atoms with van der Waals surface area (Å²) in [6, 6.07) is 0. The third-order valence-corrected chi connectivity index (χ3v) is 4.06. The van der Waals surface area contributed by atoms with Gasteiger partial charge in [0.2, 0.25) is 5.92 Å². The summed E-state index contributed by atoms with van der Waals surface area (Å²) in [6.45, 7) is 0.597. The summed E-state index contributed by atoms with van der Waals surface area (Å²) in [5.74, 6) is -2.62. The molecule has 0 atom stereocenters. The van der Waals surface area contributed by atoms with Crippen molar-refractivity contribution >= 4 is 0 Å². The van der Waals surface area contributed by atoms with Crippen LogP contribution < -0.4 is 5.32 Å². The van der Waals surface area contributed by atoms with Crippen molar-refractivity contribution in [2.24, 2.45) is 5.41 Å². The predicted octanol–water partition coefficient (Wildman–Crippen LogP) is 0.509. The minimum Gasteiger partial charge on any atom is -0.396 e. The average molecular weight is 221 g/mol. The van der Waals surface area contributed by atoms with E-state index in [0.29, 0.717) is 13.1 Å². The topological polar surface area (TPSA) is 52.5 Å². The number of aliphatic hydroxyl groups excluding tert-OH is 1. The van der Waals surface area contributed by atoms with Crippen molar-refractivity contribution in [3.63, 3.8) is 0 Å². The van der Waals surface area contributed by atoms with Crippen LogP contribution in [0.4, 0.5) is 8.78 Å². The second-order valence-corrected chi connectivity index (χ2v) is 4.93. The Morgan fingerprint density at radius 2 is 1.60 bits per heavy atom. The molecule has 15 heavy (non-hydrogen) atoms. The van der Waals surface area contributed by atoms with Crippen LogP contribution in [-0.2, 0) is 0 Å². The summed E-state index contributed by atoms with van der Waals surface area (Å²) in [6.07, 6.45) is -0.0465. The van der Waals surface area contributed by atoms with Crippen molar-refractivity contribution in [1.29, 1.82) is 0 Å². The molecule has 2 rings (SSSR count). The average Bonchev–Trinajstić information content (AvgIpc) is 2.15. The minimum atomic E-state index is -2.62. The van der Waals surface area contributed by atoms with Crippen LogP contribution in [0.2, 0.25) is 0 Å². The summed E-state index contributed by atoms with van der Waals surface area (Å²) >= 11 is 0. The van der Waals surface area contributed by atoms with Crippen molar-refractivity contribution in [2.45, 2.75) is 37.2 Å². The summed E-state index contributed by atoms with van der Waals surface area (Å²) < 4.78 is 26.0. The summed E-state index contributed by atoms with van der Waals surface area (Å²) in [5.41, 5.74) is -1.71. The van der Waals surface area contributed by atoms with E-state index >= 15 is 0 Å². The maximum absolute atomic E-state index is 13.0. The number of alkyl halides is 2. The van der Waals surface area contributed by atoms with Crippen LogP contribution in [0.5, 0.6) is 0 Å². The van der Waals surface area contributed by atoms with Gasteiger partial charge in [-0.1, -0.05) is 0 Å². The van der Waals surface area contributed by atoms with Crippen molar-refractivity contribution in [2.75, 3.05) is 19.7 Å². The monoisotopic (exact) mass is 221 g/mol. The molecule has 1 aliphatic heterocycles. The number of nitrogens with one attached hydrogen (secondary N) is 1. The number of hydrogen-bond acceptors (Lipinski definition) is 3. The first-order valence-corrected chi connectivity index (χ1v) is 5.35. The normalized spacial score (nSPS) is 32.0. The third kappa shape index (κ3) is 1.66. The van der Waals surface area contributed by atoms with E-state index in [1.165, 1.54) is 0 Å². The van der Waals surface area contributed by atoms with Gasteiger partial charge in [-0.2, -0.15) is 0 Å². The smallest absolute Gasteiger partial charge is 0.248 e. The van der Waals surface area contributed by atoms with E-state index in [1.807, 2.05) is 0 Å². The van der Waals surface area contributed by atoms with Crippen LogP contribution in [0.15, 0.2) is 0 Å². The van der Waals surface area contributed by atoms with Gasteiger partial charge < -0.3 is 15.5 Å². The minimum absolute atomic E-state index is 0.203. The highest BCUT2D eigenvalue weighted by Crippen LogP contribution is 2.50. The van der Waals surface area contributed by atoms with Gasteiger partial charge in [-0.05, 0) is 12.8 Å². The zero-order valence-electron chi connectivity index (χ0n) is 8.60. The molecule has 0 aromatic heterocycles. The zero-order chi connectivity index (χ0) is 11.2. The molecule has 2 fully saturated rings. The largest absolute Gasteiger partial charge is 0.396 e. The summed E-state index contributed by atoms with van der Waals surface area (Å²) in [4.78, 5) is 0. The number of hydrogen-bond donors (Lipinski definition) is 3. The van der Waals surface area contributed by atoms with Crippen molar-refractivity contribution in [3.05, 3.63) is 0 Å². The molecular formula is C10H17F2NO2.